The van der Waals surface area contributed by atoms with Gasteiger partial charge in [-0.1, -0.05) is 42.5 Å². The number of benzene rings is 2. The third kappa shape index (κ3) is 5.21. The Balaban J connectivity index is 1.15. The predicted octanol–water partition coefficient (Wildman–Crippen LogP) is 3.12. The predicted molar refractivity (Wildman–Crippen MR) is 135 cm³/mol. The van der Waals surface area contributed by atoms with Crippen LogP contribution in [-0.4, -0.2) is 52.1 Å². The van der Waals surface area contributed by atoms with Crippen molar-refractivity contribution in [2.24, 2.45) is 0 Å². The van der Waals surface area contributed by atoms with Crippen molar-refractivity contribution in [2.75, 3.05) is 26.2 Å². The highest BCUT2D eigenvalue weighted by molar-refractivity contribution is 7.83. The Morgan fingerprint density at radius 1 is 1.03 bits per heavy atom. The number of fused-ring (bicyclic) bond motifs is 1. The lowest BCUT2D eigenvalue weighted by Crippen LogP contribution is -2.48. The van der Waals surface area contributed by atoms with E-state index in [0.717, 1.165) is 30.9 Å². The van der Waals surface area contributed by atoms with E-state index in [1.54, 1.807) is 24.3 Å². The van der Waals surface area contributed by atoms with Gasteiger partial charge in [0, 0.05) is 44.0 Å². The Morgan fingerprint density at radius 2 is 1.79 bits per heavy atom. The van der Waals surface area contributed by atoms with Crippen LogP contribution in [0.25, 0.3) is 0 Å². The summed E-state index contributed by atoms with van der Waals surface area (Å²) in [7, 11) is -1.41. The largest absolute Gasteiger partial charge is 0.381 e. The molecule has 7 heteroatoms. The van der Waals surface area contributed by atoms with Gasteiger partial charge in [0.25, 0.3) is 5.91 Å². The molecule has 0 radical (unpaired) electrons. The number of piperazine rings is 1. The fourth-order valence-corrected chi connectivity index (χ4v) is 5.18. The number of allylic oxidation sites excluding steroid dienone is 3. The molecule has 2 heterocycles. The van der Waals surface area contributed by atoms with Crippen LogP contribution in [0.5, 0.6) is 0 Å². The number of carbonyl (C=O) groups excluding carboxylic acids is 1. The normalized spacial score (nSPS) is 20.6. The summed E-state index contributed by atoms with van der Waals surface area (Å²) in [6, 6.07) is 17.7. The summed E-state index contributed by atoms with van der Waals surface area (Å²) in [5.41, 5.74) is 3.84. The first-order valence-electron chi connectivity index (χ1n) is 11.5. The molecular formula is C27H28N4O2S. The van der Waals surface area contributed by atoms with E-state index < -0.39 is 11.0 Å². The Hall–Kier alpha value is -3.42. The lowest BCUT2D eigenvalue weighted by Gasteiger charge is -2.34. The van der Waals surface area contributed by atoms with Crippen LogP contribution in [0, 0.1) is 0 Å². The average molecular weight is 473 g/mol. The number of hydrogen-bond donors (Lipinski definition) is 2. The third-order valence-corrected chi connectivity index (χ3v) is 7.37. The van der Waals surface area contributed by atoms with E-state index >= 15 is 0 Å². The van der Waals surface area contributed by atoms with Crippen LogP contribution in [0.4, 0.5) is 0 Å². The molecule has 3 aliphatic rings. The van der Waals surface area contributed by atoms with Gasteiger partial charge in [0.05, 0.1) is 10.9 Å². The minimum absolute atomic E-state index is 0.0263. The van der Waals surface area contributed by atoms with Crippen molar-refractivity contribution < 1.29 is 9.00 Å². The molecule has 0 saturated carbocycles. The van der Waals surface area contributed by atoms with E-state index in [1.807, 2.05) is 47.5 Å². The van der Waals surface area contributed by atoms with Gasteiger partial charge in [-0.25, -0.2) is 4.21 Å². The molecule has 174 valence electrons. The van der Waals surface area contributed by atoms with E-state index in [2.05, 4.69) is 39.2 Å². The van der Waals surface area contributed by atoms with Crippen molar-refractivity contribution in [2.45, 2.75) is 17.5 Å². The molecule has 2 atom stereocenters. The first kappa shape index (κ1) is 22.4. The minimum Gasteiger partial charge on any atom is -0.381 e. The Bertz CT molecular complexity index is 1180. The summed E-state index contributed by atoms with van der Waals surface area (Å²) < 4.78 is 15.9. The maximum atomic E-state index is 13.0. The van der Waals surface area contributed by atoms with Gasteiger partial charge in [0.2, 0.25) is 0 Å². The molecule has 2 N–H and O–H groups in total. The second-order valence-electron chi connectivity index (χ2n) is 8.58. The van der Waals surface area contributed by atoms with Crippen LogP contribution in [-0.2, 0) is 17.5 Å². The summed E-state index contributed by atoms with van der Waals surface area (Å²) in [6.45, 7) is 4.05. The summed E-state index contributed by atoms with van der Waals surface area (Å²) >= 11 is 0. The van der Waals surface area contributed by atoms with Gasteiger partial charge >= 0.3 is 0 Å². The second kappa shape index (κ2) is 10.2. The molecule has 1 amide bonds. The summed E-state index contributed by atoms with van der Waals surface area (Å²) in [6.07, 6.45) is 11.9. The van der Waals surface area contributed by atoms with Crippen LogP contribution in [0.3, 0.4) is 0 Å². The fourth-order valence-electron chi connectivity index (χ4n) is 4.33. The zero-order chi connectivity index (χ0) is 23.3. The number of nitrogens with one attached hydrogen (secondary N) is 2. The third-order valence-electron chi connectivity index (χ3n) is 6.24. The second-order valence-corrected chi connectivity index (χ2v) is 9.79. The van der Waals surface area contributed by atoms with E-state index in [9.17, 15) is 9.00 Å². The summed E-state index contributed by atoms with van der Waals surface area (Å²) in [5, 5.41) is 3.26. The maximum Gasteiger partial charge on any atom is 0.253 e. The first-order chi connectivity index (χ1) is 16.7. The van der Waals surface area contributed by atoms with E-state index in [1.165, 1.54) is 5.56 Å². The molecule has 6 nitrogen and oxygen atoms in total. The van der Waals surface area contributed by atoms with Gasteiger partial charge in [0.15, 0.2) is 0 Å². The zero-order valence-electron chi connectivity index (χ0n) is 18.9. The molecule has 5 rings (SSSR count). The molecule has 2 aliphatic heterocycles. The molecule has 2 aromatic rings. The van der Waals surface area contributed by atoms with E-state index in [0.29, 0.717) is 23.5 Å². The van der Waals surface area contributed by atoms with Crippen molar-refractivity contribution in [3.63, 3.8) is 0 Å². The highest BCUT2D eigenvalue weighted by Gasteiger charge is 2.22. The summed E-state index contributed by atoms with van der Waals surface area (Å²) in [5.74, 6) is 0.0263. The first-order valence-corrected chi connectivity index (χ1v) is 12.7. The number of carbonyl (C=O) groups is 1. The highest BCUT2D eigenvalue weighted by atomic mass is 32.2. The van der Waals surface area contributed by atoms with E-state index in [4.69, 9.17) is 0 Å². The monoisotopic (exact) mass is 472 g/mol. The number of nitrogens with zero attached hydrogens (tertiary/aromatic N) is 2. The lowest BCUT2D eigenvalue weighted by molar-refractivity contribution is 0.0628. The van der Waals surface area contributed by atoms with Crippen molar-refractivity contribution in [3.05, 3.63) is 114 Å². The molecule has 0 bridgehead atoms. The smallest absolute Gasteiger partial charge is 0.253 e. The Kier molecular flexibility index (Phi) is 6.74. The minimum atomic E-state index is -1.41. The summed E-state index contributed by atoms with van der Waals surface area (Å²) in [4.78, 5) is 17.9. The van der Waals surface area contributed by atoms with E-state index in [-0.39, 0.29) is 11.9 Å². The number of rotatable bonds is 6. The highest BCUT2D eigenvalue weighted by Crippen LogP contribution is 2.19. The fraction of sp³-hybridized carbons (Fsp3) is 0.222. The van der Waals surface area contributed by atoms with Crippen molar-refractivity contribution in [3.8, 4) is 0 Å². The van der Waals surface area contributed by atoms with Crippen LogP contribution in [0.1, 0.15) is 15.9 Å². The molecule has 1 aliphatic carbocycles. The Morgan fingerprint density at radius 3 is 2.56 bits per heavy atom. The van der Waals surface area contributed by atoms with Gasteiger partial charge in [0.1, 0.15) is 11.0 Å². The average Bonchev–Trinajstić information content (AvgIpc) is 2.89. The molecule has 2 aromatic carbocycles. The van der Waals surface area contributed by atoms with Crippen LogP contribution in [0.15, 0.2) is 107 Å². The van der Waals surface area contributed by atoms with Crippen molar-refractivity contribution in [1.82, 2.24) is 19.8 Å². The maximum absolute atomic E-state index is 13.0. The topological polar surface area (TPSA) is 64.7 Å². The van der Waals surface area contributed by atoms with Crippen LogP contribution < -0.4 is 10.0 Å². The molecule has 1 saturated heterocycles. The molecular weight excluding hydrogens is 444 g/mol. The molecule has 2 unspecified atom stereocenters. The van der Waals surface area contributed by atoms with Crippen molar-refractivity contribution in [1.29, 1.82) is 0 Å². The van der Waals surface area contributed by atoms with Crippen LogP contribution in [0.2, 0.25) is 0 Å². The molecule has 0 spiro atoms. The SMILES string of the molecule is O=C(c1ccc(S(=O)NC2=CC3=CC=CNC3C=C2)cc1)N1CCN(Cc2ccccc2)CC1. The molecule has 1 fully saturated rings. The van der Waals surface area contributed by atoms with Gasteiger partial charge in [-0.3, -0.25) is 9.69 Å². The standard InChI is InChI=1S/C27H28N4O2S/c32-27(31-17-15-30(16-18-31)20-21-5-2-1-3-6-21)22-8-11-25(12-9-22)34(33)29-24-10-13-26-23(19-24)7-4-14-28-26/h1-14,19,26,28-29H,15-18,20H2. The quantitative estimate of drug-likeness (QED) is 0.678. The Labute approximate surface area is 202 Å². The molecule has 34 heavy (non-hydrogen) atoms. The lowest BCUT2D eigenvalue weighted by atomic mass is 9.99. The van der Waals surface area contributed by atoms with Gasteiger partial charge in [-0.15, -0.1) is 0 Å². The van der Waals surface area contributed by atoms with Gasteiger partial charge in [-0.05, 0) is 59.8 Å². The zero-order valence-corrected chi connectivity index (χ0v) is 19.7. The van der Waals surface area contributed by atoms with Gasteiger partial charge in [-0.2, -0.15) is 0 Å². The van der Waals surface area contributed by atoms with Crippen LogP contribution >= 0.6 is 0 Å². The number of dihydropyridines is 1. The van der Waals surface area contributed by atoms with Gasteiger partial charge < -0.3 is 14.9 Å². The van der Waals surface area contributed by atoms with Crippen molar-refractivity contribution >= 4 is 16.9 Å². The molecule has 0 aromatic heterocycles. The number of hydrogen-bond acceptors (Lipinski definition) is 4. The number of amides is 1.